The fourth-order valence-corrected chi connectivity index (χ4v) is 1.23. The lowest BCUT2D eigenvalue weighted by Crippen LogP contribution is -2.34. The number of furan rings is 1. The van der Waals surface area contributed by atoms with Crippen molar-refractivity contribution >= 4 is 17.8 Å². The van der Waals surface area contributed by atoms with Gasteiger partial charge in [-0.3, -0.25) is 19.7 Å². The third-order valence-electron chi connectivity index (χ3n) is 2.07. The van der Waals surface area contributed by atoms with E-state index in [9.17, 15) is 19.7 Å². The molecule has 8 heteroatoms. The standard InChI is InChI=1S/C10H12N2O6/c1-6(5-9(13)17-2)11-10(14)7-3-4-8(18-7)12(15)16/h3-4,6H,5H2,1-2H3,(H,11,14). The van der Waals surface area contributed by atoms with E-state index >= 15 is 0 Å². The summed E-state index contributed by atoms with van der Waals surface area (Å²) in [6.45, 7) is 1.60. The summed E-state index contributed by atoms with van der Waals surface area (Å²) in [5.74, 6) is -1.79. The zero-order chi connectivity index (χ0) is 13.7. The molecule has 1 N–H and O–H groups in total. The Balaban J connectivity index is 2.59. The monoisotopic (exact) mass is 256 g/mol. The van der Waals surface area contributed by atoms with E-state index in [-0.39, 0.29) is 12.2 Å². The maximum absolute atomic E-state index is 11.6. The van der Waals surface area contributed by atoms with Crippen LogP contribution in [0.25, 0.3) is 0 Å². The predicted octanol–water partition coefficient (Wildman–Crippen LogP) is 0.869. The van der Waals surface area contributed by atoms with Gasteiger partial charge in [0.2, 0.25) is 0 Å². The van der Waals surface area contributed by atoms with Crippen LogP contribution < -0.4 is 5.32 Å². The summed E-state index contributed by atoms with van der Waals surface area (Å²) in [5, 5.41) is 12.8. The molecule has 0 aliphatic heterocycles. The second-order valence-electron chi connectivity index (χ2n) is 3.55. The third-order valence-corrected chi connectivity index (χ3v) is 2.07. The second-order valence-corrected chi connectivity index (χ2v) is 3.55. The molecule has 0 saturated heterocycles. The Morgan fingerprint density at radius 3 is 2.72 bits per heavy atom. The fraction of sp³-hybridized carbons (Fsp3) is 0.400. The zero-order valence-electron chi connectivity index (χ0n) is 9.84. The molecule has 0 saturated carbocycles. The molecule has 1 atom stereocenters. The molecule has 18 heavy (non-hydrogen) atoms. The number of nitro groups is 1. The summed E-state index contributed by atoms with van der Waals surface area (Å²) >= 11 is 0. The highest BCUT2D eigenvalue weighted by Gasteiger charge is 2.19. The van der Waals surface area contributed by atoms with E-state index in [0.717, 1.165) is 6.07 Å². The van der Waals surface area contributed by atoms with Crippen molar-refractivity contribution in [2.24, 2.45) is 0 Å². The molecule has 1 heterocycles. The molecule has 1 rings (SSSR count). The Morgan fingerprint density at radius 1 is 1.56 bits per heavy atom. The summed E-state index contributed by atoms with van der Waals surface area (Å²) in [7, 11) is 1.24. The lowest BCUT2D eigenvalue weighted by molar-refractivity contribution is -0.402. The number of carbonyl (C=O) groups is 2. The number of esters is 1. The Hall–Kier alpha value is -2.38. The van der Waals surface area contributed by atoms with Crippen molar-refractivity contribution in [3.8, 4) is 0 Å². The number of hydrogen-bond acceptors (Lipinski definition) is 6. The van der Waals surface area contributed by atoms with Crippen molar-refractivity contribution < 1.29 is 23.7 Å². The van der Waals surface area contributed by atoms with Crippen LogP contribution in [0, 0.1) is 10.1 Å². The van der Waals surface area contributed by atoms with Gasteiger partial charge in [-0.2, -0.15) is 0 Å². The van der Waals surface area contributed by atoms with Gasteiger partial charge in [-0.05, 0) is 13.0 Å². The lowest BCUT2D eigenvalue weighted by atomic mass is 10.2. The van der Waals surface area contributed by atoms with E-state index in [1.165, 1.54) is 13.2 Å². The largest absolute Gasteiger partial charge is 0.469 e. The van der Waals surface area contributed by atoms with E-state index < -0.39 is 28.7 Å². The fourth-order valence-electron chi connectivity index (χ4n) is 1.23. The number of amides is 1. The second kappa shape index (κ2) is 5.80. The smallest absolute Gasteiger partial charge is 0.433 e. The maximum atomic E-state index is 11.6. The van der Waals surface area contributed by atoms with Crippen LogP contribution in [0.2, 0.25) is 0 Å². The third kappa shape index (κ3) is 3.58. The first kappa shape index (κ1) is 13.7. The van der Waals surface area contributed by atoms with Crippen LogP contribution in [0.5, 0.6) is 0 Å². The maximum Gasteiger partial charge on any atom is 0.433 e. The number of ether oxygens (including phenoxy) is 1. The summed E-state index contributed by atoms with van der Waals surface area (Å²) < 4.78 is 9.15. The number of methoxy groups -OCH3 is 1. The molecule has 1 aromatic heterocycles. The normalized spacial score (nSPS) is 11.7. The summed E-state index contributed by atoms with van der Waals surface area (Å²) in [5.41, 5.74) is 0. The lowest BCUT2D eigenvalue weighted by Gasteiger charge is -2.10. The molecule has 1 amide bonds. The SMILES string of the molecule is COC(=O)CC(C)NC(=O)c1ccc([N+](=O)[O-])o1. The van der Waals surface area contributed by atoms with Gasteiger partial charge in [0.15, 0.2) is 5.76 Å². The van der Waals surface area contributed by atoms with Gasteiger partial charge < -0.3 is 14.5 Å². The predicted molar refractivity (Wildman–Crippen MR) is 58.9 cm³/mol. The zero-order valence-corrected chi connectivity index (χ0v) is 9.84. The molecule has 1 unspecified atom stereocenters. The van der Waals surface area contributed by atoms with Gasteiger partial charge in [-0.15, -0.1) is 0 Å². The average molecular weight is 256 g/mol. The van der Waals surface area contributed by atoms with Gasteiger partial charge in [0.1, 0.15) is 4.92 Å². The number of carbonyl (C=O) groups excluding carboxylic acids is 2. The molecule has 0 aliphatic rings. The van der Waals surface area contributed by atoms with E-state index in [2.05, 4.69) is 10.1 Å². The number of nitrogens with zero attached hydrogens (tertiary/aromatic N) is 1. The van der Waals surface area contributed by atoms with Gasteiger partial charge in [0.25, 0.3) is 5.91 Å². The average Bonchev–Trinajstić information content (AvgIpc) is 2.77. The van der Waals surface area contributed by atoms with Gasteiger partial charge in [0, 0.05) is 6.04 Å². The van der Waals surface area contributed by atoms with Crippen LogP contribution in [0.4, 0.5) is 5.88 Å². The summed E-state index contributed by atoms with van der Waals surface area (Å²) in [4.78, 5) is 32.1. The number of hydrogen-bond donors (Lipinski definition) is 1. The Kier molecular flexibility index (Phi) is 4.41. The first-order valence-corrected chi connectivity index (χ1v) is 5.06. The van der Waals surface area contributed by atoms with Crippen LogP contribution in [-0.2, 0) is 9.53 Å². The van der Waals surface area contributed by atoms with Crippen molar-refractivity contribution in [3.63, 3.8) is 0 Å². The van der Waals surface area contributed by atoms with Crippen LogP contribution in [0.15, 0.2) is 16.5 Å². The number of rotatable bonds is 5. The Labute approximate surface area is 102 Å². The van der Waals surface area contributed by atoms with Gasteiger partial charge in [-0.1, -0.05) is 0 Å². The molecule has 98 valence electrons. The van der Waals surface area contributed by atoms with Gasteiger partial charge in [0.05, 0.1) is 19.6 Å². The summed E-state index contributed by atoms with van der Waals surface area (Å²) in [6, 6.07) is 1.81. The molecular weight excluding hydrogens is 244 g/mol. The molecule has 8 nitrogen and oxygen atoms in total. The minimum absolute atomic E-state index is 0.00500. The van der Waals surface area contributed by atoms with Crippen LogP contribution in [-0.4, -0.2) is 30.0 Å². The van der Waals surface area contributed by atoms with Crippen molar-refractivity contribution in [1.82, 2.24) is 5.32 Å². The highest BCUT2D eigenvalue weighted by atomic mass is 16.6. The minimum Gasteiger partial charge on any atom is -0.469 e. The van der Waals surface area contributed by atoms with Crippen LogP contribution in [0.3, 0.4) is 0 Å². The van der Waals surface area contributed by atoms with Crippen molar-refractivity contribution in [1.29, 1.82) is 0 Å². The van der Waals surface area contributed by atoms with Crippen LogP contribution in [0.1, 0.15) is 23.9 Å². The Morgan fingerprint density at radius 2 is 2.22 bits per heavy atom. The van der Waals surface area contributed by atoms with E-state index in [1.54, 1.807) is 6.92 Å². The van der Waals surface area contributed by atoms with Crippen LogP contribution >= 0.6 is 0 Å². The quantitative estimate of drug-likeness (QED) is 0.475. The molecule has 0 fully saturated rings. The summed E-state index contributed by atoms with van der Waals surface area (Å²) in [6.07, 6.45) is 0.00500. The van der Waals surface area contributed by atoms with Crippen molar-refractivity contribution in [2.45, 2.75) is 19.4 Å². The van der Waals surface area contributed by atoms with Crippen molar-refractivity contribution in [2.75, 3.05) is 7.11 Å². The number of nitrogens with one attached hydrogen (secondary N) is 1. The molecule has 0 radical (unpaired) electrons. The molecule has 0 bridgehead atoms. The first-order valence-electron chi connectivity index (χ1n) is 5.06. The Bertz CT molecular complexity index is 467. The molecular formula is C10H12N2O6. The van der Waals surface area contributed by atoms with E-state index in [0.29, 0.717) is 0 Å². The van der Waals surface area contributed by atoms with E-state index in [1.807, 2.05) is 0 Å². The van der Waals surface area contributed by atoms with Gasteiger partial charge >= 0.3 is 11.9 Å². The van der Waals surface area contributed by atoms with Gasteiger partial charge in [-0.25, -0.2) is 0 Å². The van der Waals surface area contributed by atoms with E-state index in [4.69, 9.17) is 4.42 Å². The molecule has 0 aliphatic carbocycles. The van der Waals surface area contributed by atoms with Crippen molar-refractivity contribution in [3.05, 3.63) is 28.0 Å². The molecule has 1 aromatic rings. The highest BCUT2D eigenvalue weighted by Crippen LogP contribution is 2.15. The molecule has 0 spiro atoms. The topological polar surface area (TPSA) is 112 Å². The molecule has 0 aromatic carbocycles. The highest BCUT2D eigenvalue weighted by molar-refractivity contribution is 5.92. The first-order chi connectivity index (χ1) is 8.43. The minimum atomic E-state index is -0.741.